The fourth-order valence-electron chi connectivity index (χ4n) is 5.69. The molecular weight excluding hydrogens is 424 g/mol. The molecule has 0 saturated heterocycles. The number of unbranched alkanes of at least 4 members (excludes halogenated alkanes) is 7. The van der Waals surface area contributed by atoms with Gasteiger partial charge in [0.05, 0.1) is 0 Å². The van der Waals surface area contributed by atoms with Crippen LogP contribution in [0.15, 0.2) is 33.9 Å². The largest absolute Gasteiger partial charge is 0.326 e. The van der Waals surface area contributed by atoms with Crippen LogP contribution < -0.4 is 21.8 Å². The van der Waals surface area contributed by atoms with E-state index in [1.165, 1.54) is 75.3 Å². The molecule has 6 heteroatoms. The Balaban J connectivity index is 0.996. The zero-order valence-electron chi connectivity index (χ0n) is 20.6. The normalized spacial score (nSPS) is 19.5. The maximum atomic E-state index is 11.5. The number of fused-ring (bicyclic) bond motifs is 2. The van der Waals surface area contributed by atoms with Gasteiger partial charge in [0, 0.05) is 35.6 Å². The Kier molecular flexibility index (Phi) is 9.57. The molecule has 4 N–H and O–H groups in total. The van der Waals surface area contributed by atoms with Gasteiger partial charge in [-0.3, -0.25) is 9.59 Å². The third kappa shape index (κ3) is 7.16. The molecule has 4 rings (SSSR count). The molecule has 0 aliphatic heterocycles. The number of rotatable bonds is 13. The molecule has 0 radical (unpaired) electrons. The number of hydrogen-bond donors (Lipinski definition) is 4. The first kappa shape index (κ1) is 24.9. The van der Waals surface area contributed by atoms with Crippen LogP contribution in [0.25, 0.3) is 0 Å². The van der Waals surface area contributed by atoms with Crippen LogP contribution in [0, 0.1) is 0 Å². The standard InChI is InChI=1S/C28H42N4O2/c33-27-17-15-21-23(11-9-13-25(21)31-27)29-19-7-5-3-1-2-4-6-8-20-30-24-12-10-14-26-22(24)16-18-28(34)32-26/h15-18,23-24,29-30H,1-14,19-20H2,(H,31,33)(H,32,34)/t23-,24+. The topological polar surface area (TPSA) is 89.8 Å². The second-order valence-electron chi connectivity index (χ2n) is 10.1. The molecule has 0 unspecified atom stereocenters. The van der Waals surface area contributed by atoms with Crippen molar-refractivity contribution in [1.29, 1.82) is 0 Å². The lowest BCUT2D eigenvalue weighted by Gasteiger charge is -2.26. The molecule has 0 aromatic carbocycles. The van der Waals surface area contributed by atoms with Gasteiger partial charge in [0.1, 0.15) is 0 Å². The van der Waals surface area contributed by atoms with E-state index in [2.05, 4.69) is 20.6 Å². The highest BCUT2D eigenvalue weighted by atomic mass is 16.1. The highest BCUT2D eigenvalue weighted by Gasteiger charge is 2.21. The summed E-state index contributed by atoms with van der Waals surface area (Å²) in [4.78, 5) is 29.1. The summed E-state index contributed by atoms with van der Waals surface area (Å²) in [5.41, 5.74) is 4.89. The molecule has 186 valence electrons. The van der Waals surface area contributed by atoms with E-state index >= 15 is 0 Å². The van der Waals surface area contributed by atoms with E-state index in [0.29, 0.717) is 12.1 Å². The molecule has 2 aliphatic rings. The highest BCUT2D eigenvalue weighted by Crippen LogP contribution is 2.28. The van der Waals surface area contributed by atoms with Gasteiger partial charge in [-0.2, -0.15) is 0 Å². The molecule has 2 atom stereocenters. The smallest absolute Gasteiger partial charge is 0.248 e. The first-order valence-electron chi connectivity index (χ1n) is 13.6. The quantitative estimate of drug-likeness (QED) is 0.319. The summed E-state index contributed by atoms with van der Waals surface area (Å²) in [7, 11) is 0. The molecule has 2 heterocycles. The van der Waals surface area contributed by atoms with Gasteiger partial charge >= 0.3 is 0 Å². The molecule has 6 nitrogen and oxygen atoms in total. The first-order chi connectivity index (χ1) is 16.7. The van der Waals surface area contributed by atoms with Gasteiger partial charge in [0.2, 0.25) is 11.1 Å². The Hall–Kier alpha value is -2.18. The van der Waals surface area contributed by atoms with Crippen LogP contribution in [-0.2, 0) is 12.8 Å². The van der Waals surface area contributed by atoms with Gasteiger partial charge in [-0.15, -0.1) is 0 Å². The molecule has 2 aliphatic carbocycles. The van der Waals surface area contributed by atoms with Crippen molar-refractivity contribution in [3.8, 4) is 0 Å². The van der Waals surface area contributed by atoms with Gasteiger partial charge < -0.3 is 20.6 Å². The van der Waals surface area contributed by atoms with Gasteiger partial charge in [-0.1, -0.05) is 50.7 Å². The zero-order chi connectivity index (χ0) is 23.6. The molecule has 34 heavy (non-hydrogen) atoms. The molecule has 0 saturated carbocycles. The molecule has 0 fully saturated rings. The number of pyridine rings is 2. The second kappa shape index (κ2) is 13.1. The fraction of sp³-hybridized carbons (Fsp3) is 0.643. The average molecular weight is 467 g/mol. The van der Waals surface area contributed by atoms with Crippen molar-refractivity contribution in [1.82, 2.24) is 20.6 Å². The van der Waals surface area contributed by atoms with Gasteiger partial charge in [0.15, 0.2) is 0 Å². The highest BCUT2D eigenvalue weighted by molar-refractivity contribution is 5.27. The van der Waals surface area contributed by atoms with E-state index in [9.17, 15) is 9.59 Å². The minimum atomic E-state index is 0.0179. The Morgan fingerprint density at radius 3 is 1.47 bits per heavy atom. The van der Waals surface area contributed by atoms with Crippen LogP contribution >= 0.6 is 0 Å². The summed E-state index contributed by atoms with van der Waals surface area (Å²) in [6.07, 6.45) is 17.0. The lowest BCUT2D eigenvalue weighted by atomic mass is 9.91. The maximum Gasteiger partial charge on any atom is 0.248 e. The number of aryl methyl sites for hydroxylation is 2. The van der Waals surface area contributed by atoms with Crippen molar-refractivity contribution in [3.63, 3.8) is 0 Å². The summed E-state index contributed by atoms with van der Waals surface area (Å²) < 4.78 is 0. The molecule has 0 spiro atoms. The molecule has 2 aromatic rings. The number of aromatic amines is 2. The van der Waals surface area contributed by atoms with Crippen LogP contribution in [0.5, 0.6) is 0 Å². The number of aromatic nitrogens is 2. The van der Waals surface area contributed by atoms with Crippen LogP contribution in [-0.4, -0.2) is 23.1 Å². The van der Waals surface area contributed by atoms with Crippen LogP contribution in [0.1, 0.15) is 112 Å². The Labute approximate surface area is 203 Å². The van der Waals surface area contributed by atoms with E-state index in [4.69, 9.17) is 0 Å². The molecule has 2 aromatic heterocycles. The predicted molar refractivity (Wildman–Crippen MR) is 138 cm³/mol. The fourth-order valence-corrected chi connectivity index (χ4v) is 5.69. The zero-order valence-corrected chi connectivity index (χ0v) is 20.6. The lowest BCUT2D eigenvalue weighted by Crippen LogP contribution is -2.28. The summed E-state index contributed by atoms with van der Waals surface area (Å²) >= 11 is 0. The number of H-pyrrole nitrogens is 2. The van der Waals surface area contributed by atoms with E-state index < -0.39 is 0 Å². The van der Waals surface area contributed by atoms with Crippen molar-refractivity contribution in [2.75, 3.05) is 13.1 Å². The summed E-state index contributed by atoms with van der Waals surface area (Å²) in [5, 5.41) is 7.42. The predicted octanol–water partition coefficient (Wildman–Crippen LogP) is 4.82. The number of nitrogens with one attached hydrogen (secondary N) is 4. The van der Waals surface area contributed by atoms with Gasteiger partial charge in [-0.05, 0) is 75.6 Å². The van der Waals surface area contributed by atoms with Crippen molar-refractivity contribution >= 4 is 0 Å². The summed E-state index contributed by atoms with van der Waals surface area (Å²) in [6, 6.07) is 8.14. The van der Waals surface area contributed by atoms with E-state index in [-0.39, 0.29) is 11.1 Å². The molecule has 0 bridgehead atoms. The third-order valence-corrected chi connectivity index (χ3v) is 7.55. The van der Waals surface area contributed by atoms with E-state index in [0.717, 1.165) is 50.2 Å². The van der Waals surface area contributed by atoms with Crippen molar-refractivity contribution < 1.29 is 0 Å². The average Bonchev–Trinajstić information content (AvgIpc) is 2.84. The summed E-state index contributed by atoms with van der Waals surface area (Å²) in [5.74, 6) is 0. The Morgan fingerprint density at radius 2 is 1.03 bits per heavy atom. The van der Waals surface area contributed by atoms with E-state index in [1.807, 2.05) is 12.1 Å². The monoisotopic (exact) mass is 466 g/mol. The third-order valence-electron chi connectivity index (χ3n) is 7.55. The van der Waals surface area contributed by atoms with Gasteiger partial charge in [-0.25, -0.2) is 0 Å². The van der Waals surface area contributed by atoms with Crippen LogP contribution in [0.4, 0.5) is 0 Å². The Morgan fingerprint density at radius 1 is 0.618 bits per heavy atom. The molecular formula is C28H42N4O2. The van der Waals surface area contributed by atoms with Crippen LogP contribution in [0.3, 0.4) is 0 Å². The lowest BCUT2D eigenvalue weighted by molar-refractivity contribution is 0.438. The van der Waals surface area contributed by atoms with Crippen LogP contribution in [0.2, 0.25) is 0 Å². The summed E-state index contributed by atoms with van der Waals surface area (Å²) in [6.45, 7) is 2.13. The van der Waals surface area contributed by atoms with E-state index in [1.54, 1.807) is 12.1 Å². The SMILES string of the molecule is O=c1ccc2c([nH]1)CCC[C@@H]2NCCCCCCCCCCN[C@@H]1CCCc2[nH]c(=O)ccc21. The van der Waals surface area contributed by atoms with Crippen molar-refractivity contribution in [2.45, 2.75) is 102 Å². The maximum absolute atomic E-state index is 11.5. The minimum absolute atomic E-state index is 0.0179. The Bertz CT molecular complexity index is 930. The second-order valence-corrected chi connectivity index (χ2v) is 10.1. The first-order valence-corrected chi connectivity index (χ1v) is 13.6. The van der Waals surface area contributed by atoms with Gasteiger partial charge in [0.25, 0.3) is 0 Å². The van der Waals surface area contributed by atoms with Crippen molar-refractivity contribution in [3.05, 3.63) is 67.5 Å². The molecule has 0 amide bonds. The minimum Gasteiger partial charge on any atom is -0.326 e. The van der Waals surface area contributed by atoms with Crippen molar-refractivity contribution in [2.24, 2.45) is 0 Å². The number of hydrogen-bond acceptors (Lipinski definition) is 4.